The first-order valence-electron chi connectivity index (χ1n) is 5.72. The van der Waals surface area contributed by atoms with Crippen molar-refractivity contribution in [1.29, 1.82) is 0 Å². The van der Waals surface area contributed by atoms with Crippen molar-refractivity contribution in [2.24, 2.45) is 0 Å². The van der Waals surface area contributed by atoms with Gasteiger partial charge in [-0.05, 0) is 30.7 Å². The quantitative estimate of drug-likeness (QED) is 0.825. The number of rotatable bonds is 5. The van der Waals surface area contributed by atoms with Gasteiger partial charge in [-0.15, -0.1) is 0 Å². The molecule has 3 nitrogen and oxygen atoms in total. The first-order chi connectivity index (χ1) is 7.69. The van der Waals surface area contributed by atoms with Crippen LogP contribution in [0, 0.1) is 0 Å². The molecule has 88 valence electrons. The maximum Gasteiger partial charge on any atom is 0.251 e. The Morgan fingerprint density at radius 3 is 2.44 bits per heavy atom. The zero-order chi connectivity index (χ0) is 12.0. The standard InChI is InChI=1S/C13H20N2O/c1-4-5-10-15(3)12-8-6-11(7-9-12)13(16)14-2/h6-9H,4-5,10H2,1-3H3,(H,14,16). The summed E-state index contributed by atoms with van der Waals surface area (Å²) in [5.74, 6) is -0.0391. The average Bonchev–Trinajstić information content (AvgIpc) is 2.35. The van der Waals surface area contributed by atoms with Gasteiger partial charge in [0.15, 0.2) is 0 Å². The van der Waals surface area contributed by atoms with Gasteiger partial charge in [-0.25, -0.2) is 0 Å². The molecule has 1 aromatic carbocycles. The second-order valence-electron chi connectivity index (χ2n) is 3.90. The Balaban J connectivity index is 2.67. The van der Waals surface area contributed by atoms with Crippen LogP contribution >= 0.6 is 0 Å². The van der Waals surface area contributed by atoms with E-state index in [0.29, 0.717) is 5.56 Å². The SMILES string of the molecule is CCCCN(C)c1ccc(C(=O)NC)cc1. The summed E-state index contributed by atoms with van der Waals surface area (Å²) < 4.78 is 0. The predicted octanol–water partition coefficient (Wildman–Crippen LogP) is 2.28. The summed E-state index contributed by atoms with van der Waals surface area (Å²) in [5.41, 5.74) is 1.86. The van der Waals surface area contributed by atoms with Gasteiger partial charge in [0.05, 0.1) is 0 Å². The van der Waals surface area contributed by atoms with Crippen LogP contribution in [0.1, 0.15) is 30.1 Å². The minimum absolute atomic E-state index is 0.0391. The van der Waals surface area contributed by atoms with E-state index in [2.05, 4.69) is 24.2 Å². The van der Waals surface area contributed by atoms with Gasteiger partial charge in [-0.3, -0.25) is 4.79 Å². The fourth-order valence-electron chi connectivity index (χ4n) is 1.54. The summed E-state index contributed by atoms with van der Waals surface area (Å²) in [7, 11) is 3.72. The van der Waals surface area contributed by atoms with E-state index >= 15 is 0 Å². The third kappa shape index (κ3) is 3.26. The molecule has 3 heteroatoms. The third-order valence-electron chi connectivity index (χ3n) is 2.64. The molecular formula is C13H20N2O. The third-order valence-corrected chi connectivity index (χ3v) is 2.64. The summed E-state index contributed by atoms with van der Waals surface area (Å²) in [6.07, 6.45) is 2.38. The maximum atomic E-state index is 11.3. The van der Waals surface area contributed by atoms with E-state index in [9.17, 15) is 4.79 Å². The summed E-state index contributed by atoms with van der Waals surface area (Å²) in [6.45, 7) is 3.23. The Bertz CT molecular complexity index is 332. The van der Waals surface area contributed by atoms with Crippen LogP contribution in [-0.4, -0.2) is 26.5 Å². The van der Waals surface area contributed by atoms with E-state index in [0.717, 1.165) is 12.2 Å². The minimum atomic E-state index is -0.0391. The van der Waals surface area contributed by atoms with Crippen molar-refractivity contribution in [2.75, 3.05) is 25.5 Å². The van der Waals surface area contributed by atoms with E-state index in [1.165, 1.54) is 12.8 Å². The van der Waals surface area contributed by atoms with Crippen LogP contribution in [0.5, 0.6) is 0 Å². The first-order valence-corrected chi connectivity index (χ1v) is 5.72. The van der Waals surface area contributed by atoms with Crippen LogP contribution in [-0.2, 0) is 0 Å². The molecule has 1 rings (SSSR count). The Morgan fingerprint density at radius 1 is 1.31 bits per heavy atom. The number of hydrogen-bond acceptors (Lipinski definition) is 2. The lowest BCUT2D eigenvalue weighted by Gasteiger charge is -2.19. The highest BCUT2D eigenvalue weighted by Gasteiger charge is 2.04. The molecule has 0 aromatic heterocycles. The fourth-order valence-corrected chi connectivity index (χ4v) is 1.54. The summed E-state index contributed by atoms with van der Waals surface area (Å²) >= 11 is 0. The highest BCUT2D eigenvalue weighted by molar-refractivity contribution is 5.94. The van der Waals surface area contributed by atoms with Crippen LogP contribution in [0.4, 0.5) is 5.69 Å². The van der Waals surface area contributed by atoms with Crippen LogP contribution in [0.25, 0.3) is 0 Å². The van der Waals surface area contributed by atoms with Crippen molar-refractivity contribution in [3.05, 3.63) is 29.8 Å². The minimum Gasteiger partial charge on any atom is -0.375 e. The zero-order valence-electron chi connectivity index (χ0n) is 10.3. The lowest BCUT2D eigenvalue weighted by atomic mass is 10.2. The number of carbonyl (C=O) groups is 1. The van der Waals surface area contributed by atoms with Gasteiger partial charge in [0.1, 0.15) is 0 Å². The van der Waals surface area contributed by atoms with Gasteiger partial charge >= 0.3 is 0 Å². The molecular weight excluding hydrogens is 200 g/mol. The molecule has 0 aliphatic heterocycles. The topological polar surface area (TPSA) is 32.3 Å². The highest BCUT2D eigenvalue weighted by atomic mass is 16.1. The predicted molar refractivity (Wildman–Crippen MR) is 68.0 cm³/mol. The molecule has 0 atom stereocenters. The normalized spacial score (nSPS) is 9.94. The number of unbranched alkanes of at least 4 members (excludes halogenated alkanes) is 1. The van der Waals surface area contributed by atoms with Gasteiger partial charge < -0.3 is 10.2 Å². The molecule has 0 unspecified atom stereocenters. The van der Waals surface area contributed by atoms with Crippen molar-refractivity contribution in [3.63, 3.8) is 0 Å². The molecule has 0 spiro atoms. The van der Waals surface area contributed by atoms with E-state index in [-0.39, 0.29) is 5.91 Å². The summed E-state index contributed by atoms with van der Waals surface area (Å²) in [6, 6.07) is 7.69. The smallest absolute Gasteiger partial charge is 0.251 e. The second kappa shape index (κ2) is 6.16. The summed E-state index contributed by atoms with van der Waals surface area (Å²) in [4.78, 5) is 13.5. The Morgan fingerprint density at radius 2 is 1.94 bits per heavy atom. The lowest BCUT2D eigenvalue weighted by Crippen LogP contribution is -2.20. The molecule has 1 amide bonds. The van der Waals surface area contributed by atoms with E-state index < -0.39 is 0 Å². The van der Waals surface area contributed by atoms with E-state index in [4.69, 9.17) is 0 Å². The number of nitrogens with zero attached hydrogens (tertiary/aromatic N) is 1. The van der Waals surface area contributed by atoms with Crippen molar-refractivity contribution in [1.82, 2.24) is 5.32 Å². The number of benzene rings is 1. The molecule has 0 fully saturated rings. The monoisotopic (exact) mass is 220 g/mol. The van der Waals surface area contributed by atoms with Gasteiger partial charge in [0.25, 0.3) is 5.91 Å². The molecule has 0 aliphatic rings. The molecule has 0 bridgehead atoms. The molecule has 0 heterocycles. The second-order valence-corrected chi connectivity index (χ2v) is 3.90. The number of hydrogen-bond donors (Lipinski definition) is 1. The van der Waals surface area contributed by atoms with Crippen LogP contribution in [0.2, 0.25) is 0 Å². The molecule has 1 aromatic rings. The van der Waals surface area contributed by atoms with E-state index in [1.807, 2.05) is 24.3 Å². The highest BCUT2D eigenvalue weighted by Crippen LogP contribution is 2.14. The lowest BCUT2D eigenvalue weighted by molar-refractivity contribution is 0.0963. The maximum absolute atomic E-state index is 11.3. The average molecular weight is 220 g/mol. The first kappa shape index (κ1) is 12.6. The Kier molecular flexibility index (Phi) is 4.83. The summed E-state index contributed by atoms with van der Waals surface area (Å²) in [5, 5.41) is 2.61. The largest absolute Gasteiger partial charge is 0.375 e. The van der Waals surface area contributed by atoms with Crippen LogP contribution in [0.15, 0.2) is 24.3 Å². The Labute approximate surface area is 97.5 Å². The molecule has 0 saturated carbocycles. The van der Waals surface area contributed by atoms with E-state index in [1.54, 1.807) is 7.05 Å². The number of carbonyl (C=O) groups excluding carboxylic acids is 1. The number of anilines is 1. The fraction of sp³-hybridized carbons (Fsp3) is 0.462. The van der Waals surface area contributed by atoms with Crippen LogP contribution < -0.4 is 10.2 Å². The van der Waals surface area contributed by atoms with Gasteiger partial charge in [-0.1, -0.05) is 13.3 Å². The van der Waals surface area contributed by atoms with Crippen molar-refractivity contribution >= 4 is 11.6 Å². The van der Waals surface area contributed by atoms with Crippen molar-refractivity contribution in [2.45, 2.75) is 19.8 Å². The molecule has 0 radical (unpaired) electrons. The number of nitrogens with one attached hydrogen (secondary N) is 1. The molecule has 0 saturated heterocycles. The van der Waals surface area contributed by atoms with Gasteiger partial charge in [0.2, 0.25) is 0 Å². The molecule has 0 aliphatic carbocycles. The van der Waals surface area contributed by atoms with Crippen LogP contribution in [0.3, 0.4) is 0 Å². The zero-order valence-corrected chi connectivity index (χ0v) is 10.3. The van der Waals surface area contributed by atoms with Gasteiger partial charge in [-0.2, -0.15) is 0 Å². The van der Waals surface area contributed by atoms with Crippen molar-refractivity contribution < 1.29 is 4.79 Å². The Hall–Kier alpha value is -1.51. The molecule has 1 N–H and O–H groups in total. The van der Waals surface area contributed by atoms with Crippen molar-refractivity contribution in [3.8, 4) is 0 Å². The number of amides is 1. The van der Waals surface area contributed by atoms with Gasteiger partial charge in [0, 0.05) is 31.9 Å². The molecule has 16 heavy (non-hydrogen) atoms.